The van der Waals surface area contributed by atoms with Gasteiger partial charge in [-0.15, -0.1) is 0 Å². The van der Waals surface area contributed by atoms with E-state index in [1.807, 2.05) is 55.3 Å². The first-order valence-corrected chi connectivity index (χ1v) is 9.68. The molecule has 0 saturated heterocycles. The van der Waals surface area contributed by atoms with Gasteiger partial charge in [-0.3, -0.25) is 4.68 Å². The maximum Gasteiger partial charge on any atom is 0.123 e. The lowest BCUT2D eigenvalue weighted by Gasteiger charge is -2.06. The van der Waals surface area contributed by atoms with Crippen LogP contribution in [0.15, 0.2) is 60.9 Å². The number of halogens is 2. The van der Waals surface area contributed by atoms with Gasteiger partial charge in [0.25, 0.3) is 0 Å². The summed E-state index contributed by atoms with van der Waals surface area (Å²) < 4.78 is 16.9. The Labute approximate surface area is 173 Å². The molecule has 0 unspecified atom stereocenters. The van der Waals surface area contributed by atoms with Gasteiger partial charge in [-0.25, -0.2) is 9.07 Å². The highest BCUT2D eigenvalue weighted by Crippen LogP contribution is 2.30. The summed E-state index contributed by atoms with van der Waals surface area (Å²) in [6, 6.07) is 13.9. The standard InChI is InChI=1S/C22H21ClFN5/c1-15-16(13-28(2)26-15)11-25-12-17-14-29(19-9-7-18(24)8-10-19)27-22(17)20-5-3-4-6-21(20)23/h3-10,13-14,25H,11-12H2,1-2H3. The Balaban J connectivity index is 1.64. The summed E-state index contributed by atoms with van der Waals surface area (Å²) in [4.78, 5) is 0. The summed E-state index contributed by atoms with van der Waals surface area (Å²) in [5, 5.41) is 13.2. The number of hydrogen-bond acceptors (Lipinski definition) is 3. The molecule has 0 atom stereocenters. The summed E-state index contributed by atoms with van der Waals surface area (Å²) in [5.74, 6) is -0.277. The molecule has 29 heavy (non-hydrogen) atoms. The van der Waals surface area contributed by atoms with Gasteiger partial charge in [-0.05, 0) is 37.3 Å². The van der Waals surface area contributed by atoms with E-state index < -0.39 is 0 Å². The third-order valence-corrected chi connectivity index (χ3v) is 5.09. The van der Waals surface area contributed by atoms with Crippen molar-refractivity contribution in [2.45, 2.75) is 20.0 Å². The number of benzene rings is 2. The van der Waals surface area contributed by atoms with Crippen molar-refractivity contribution in [3.8, 4) is 16.9 Å². The summed E-state index contributed by atoms with van der Waals surface area (Å²) in [6.07, 6.45) is 3.97. The Hall–Kier alpha value is -2.96. The molecule has 5 nitrogen and oxygen atoms in total. The van der Waals surface area contributed by atoms with E-state index in [4.69, 9.17) is 16.7 Å². The van der Waals surface area contributed by atoms with Crippen molar-refractivity contribution >= 4 is 11.6 Å². The van der Waals surface area contributed by atoms with Crippen LogP contribution in [-0.4, -0.2) is 19.6 Å². The van der Waals surface area contributed by atoms with Crippen molar-refractivity contribution in [2.75, 3.05) is 0 Å². The molecule has 4 aromatic rings. The number of nitrogens with one attached hydrogen (secondary N) is 1. The van der Waals surface area contributed by atoms with Crippen LogP contribution in [0, 0.1) is 12.7 Å². The highest BCUT2D eigenvalue weighted by atomic mass is 35.5. The second-order valence-corrected chi connectivity index (χ2v) is 7.33. The summed E-state index contributed by atoms with van der Waals surface area (Å²) >= 11 is 6.43. The fourth-order valence-electron chi connectivity index (χ4n) is 3.30. The predicted octanol–water partition coefficient (Wildman–Crippen LogP) is 4.66. The molecule has 7 heteroatoms. The topological polar surface area (TPSA) is 47.7 Å². The molecule has 0 aliphatic rings. The number of aryl methyl sites for hydroxylation is 2. The van der Waals surface area contributed by atoms with E-state index in [1.54, 1.807) is 16.8 Å². The normalized spacial score (nSPS) is 11.2. The van der Waals surface area contributed by atoms with E-state index in [9.17, 15) is 4.39 Å². The fraction of sp³-hybridized carbons (Fsp3) is 0.182. The molecule has 0 fully saturated rings. The van der Waals surface area contributed by atoms with Gasteiger partial charge in [-0.2, -0.15) is 10.2 Å². The van der Waals surface area contributed by atoms with Crippen molar-refractivity contribution in [3.63, 3.8) is 0 Å². The van der Waals surface area contributed by atoms with Gasteiger partial charge in [0.1, 0.15) is 5.82 Å². The number of rotatable bonds is 6. The molecule has 0 saturated carbocycles. The molecule has 0 radical (unpaired) electrons. The fourth-order valence-corrected chi connectivity index (χ4v) is 3.52. The van der Waals surface area contributed by atoms with Crippen LogP contribution in [0.4, 0.5) is 4.39 Å². The van der Waals surface area contributed by atoms with Crippen molar-refractivity contribution in [3.05, 3.63) is 88.6 Å². The maximum absolute atomic E-state index is 13.3. The maximum atomic E-state index is 13.3. The van der Waals surface area contributed by atoms with Gasteiger partial charge < -0.3 is 5.32 Å². The first kappa shape index (κ1) is 19.4. The van der Waals surface area contributed by atoms with Crippen LogP contribution >= 0.6 is 11.6 Å². The molecular formula is C22H21ClFN5. The second kappa shape index (κ2) is 8.19. The Morgan fingerprint density at radius 3 is 2.38 bits per heavy atom. The highest BCUT2D eigenvalue weighted by molar-refractivity contribution is 6.33. The summed E-state index contributed by atoms with van der Waals surface area (Å²) in [7, 11) is 1.92. The Morgan fingerprint density at radius 1 is 0.966 bits per heavy atom. The van der Waals surface area contributed by atoms with Crippen molar-refractivity contribution in [1.29, 1.82) is 0 Å². The SMILES string of the molecule is Cc1nn(C)cc1CNCc1cn(-c2ccc(F)cc2)nc1-c1ccccc1Cl. The average Bonchev–Trinajstić information content (AvgIpc) is 3.26. The van der Waals surface area contributed by atoms with Gasteiger partial charge in [0.15, 0.2) is 0 Å². The van der Waals surface area contributed by atoms with E-state index in [2.05, 4.69) is 10.4 Å². The van der Waals surface area contributed by atoms with Crippen molar-refractivity contribution in [2.24, 2.45) is 7.05 Å². The Kier molecular flexibility index (Phi) is 5.47. The van der Waals surface area contributed by atoms with E-state index in [0.717, 1.165) is 33.8 Å². The van der Waals surface area contributed by atoms with Crippen LogP contribution in [0.25, 0.3) is 16.9 Å². The molecule has 0 aliphatic carbocycles. The smallest absolute Gasteiger partial charge is 0.123 e. The zero-order valence-corrected chi connectivity index (χ0v) is 17.0. The van der Waals surface area contributed by atoms with E-state index in [0.29, 0.717) is 18.1 Å². The third-order valence-electron chi connectivity index (χ3n) is 4.76. The summed E-state index contributed by atoms with van der Waals surface area (Å²) in [5.41, 5.74) is 5.61. The molecule has 4 rings (SSSR count). The van der Waals surface area contributed by atoms with Crippen LogP contribution in [0.1, 0.15) is 16.8 Å². The van der Waals surface area contributed by atoms with Crippen LogP contribution in [0.2, 0.25) is 5.02 Å². The summed E-state index contributed by atoms with van der Waals surface area (Å²) in [6.45, 7) is 3.30. The number of nitrogens with zero attached hydrogens (tertiary/aromatic N) is 4. The molecule has 2 aromatic heterocycles. The zero-order chi connectivity index (χ0) is 20.4. The zero-order valence-electron chi connectivity index (χ0n) is 16.2. The largest absolute Gasteiger partial charge is 0.308 e. The first-order valence-electron chi connectivity index (χ1n) is 9.30. The minimum absolute atomic E-state index is 0.277. The molecule has 2 heterocycles. The van der Waals surface area contributed by atoms with E-state index >= 15 is 0 Å². The van der Waals surface area contributed by atoms with Crippen LogP contribution in [-0.2, 0) is 20.1 Å². The Bertz CT molecular complexity index is 1130. The van der Waals surface area contributed by atoms with Crippen molar-refractivity contribution in [1.82, 2.24) is 24.9 Å². The molecule has 0 bridgehead atoms. The van der Waals surface area contributed by atoms with Gasteiger partial charge in [0, 0.05) is 49.2 Å². The second-order valence-electron chi connectivity index (χ2n) is 6.92. The van der Waals surface area contributed by atoms with Gasteiger partial charge in [0.2, 0.25) is 0 Å². The number of aromatic nitrogens is 4. The van der Waals surface area contributed by atoms with Crippen LogP contribution in [0.3, 0.4) is 0 Å². The van der Waals surface area contributed by atoms with Crippen molar-refractivity contribution < 1.29 is 4.39 Å². The molecule has 0 spiro atoms. The highest BCUT2D eigenvalue weighted by Gasteiger charge is 2.15. The monoisotopic (exact) mass is 409 g/mol. The lowest BCUT2D eigenvalue weighted by atomic mass is 10.1. The van der Waals surface area contributed by atoms with Gasteiger partial charge in [0.05, 0.1) is 22.1 Å². The lowest BCUT2D eigenvalue weighted by molar-refractivity contribution is 0.627. The molecule has 0 aliphatic heterocycles. The van der Waals surface area contributed by atoms with Crippen LogP contribution < -0.4 is 5.32 Å². The predicted molar refractivity (Wildman–Crippen MR) is 112 cm³/mol. The third kappa shape index (κ3) is 4.23. The molecule has 1 N–H and O–H groups in total. The lowest BCUT2D eigenvalue weighted by Crippen LogP contribution is -2.13. The number of hydrogen-bond donors (Lipinski definition) is 1. The quantitative estimate of drug-likeness (QED) is 0.503. The minimum Gasteiger partial charge on any atom is -0.308 e. The van der Waals surface area contributed by atoms with E-state index in [1.165, 1.54) is 12.1 Å². The molecule has 148 valence electrons. The van der Waals surface area contributed by atoms with Gasteiger partial charge in [-0.1, -0.05) is 29.8 Å². The molecule has 0 amide bonds. The Morgan fingerprint density at radius 2 is 1.69 bits per heavy atom. The van der Waals surface area contributed by atoms with Crippen LogP contribution in [0.5, 0.6) is 0 Å². The first-order chi connectivity index (χ1) is 14.0. The average molecular weight is 410 g/mol. The minimum atomic E-state index is -0.277. The molecular weight excluding hydrogens is 389 g/mol. The van der Waals surface area contributed by atoms with Gasteiger partial charge >= 0.3 is 0 Å². The van der Waals surface area contributed by atoms with E-state index in [-0.39, 0.29) is 5.82 Å². The molecule has 2 aromatic carbocycles.